The molecule has 2 aromatic rings. The van der Waals surface area contributed by atoms with Gasteiger partial charge in [-0.3, -0.25) is 0 Å². The minimum absolute atomic E-state index is 0.0648. The van der Waals surface area contributed by atoms with Crippen molar-refractivity contribution in [1.29, 1.82) is 0 Å². The first-order chi connectivity index (χ1) is 8.65. The van der Waals surface area contributed by atoms with E-state index in [1.165, 1.54) is 12.7 Å². The summed E-state index contributed by atoms with van der Waals surface area (Å²) in [5.74, 6) is -1.52. The normalized spacial score (nSPS) is 9.17. The smallest absolute Gasteiger partial charge is 0.360 e. The Morgan fingerprint density at radius 2 is 1.78 bits per heavy atom. The van der Waals surface area contributed by atoms with Crippen LogP contribution in [-0.2, 0) is 4.74 Å². The number of carboxylic acids is 1. The van der Waals surface area contributed by atoms with Crippen LogP contribution >= 0.6 is 0 Å². The zero-order valence-electron chi connectivity index (χ0n) is 9.40. The van der Waals surface area contributed by atoms with Crippen LogP contribution in [-0.4, -0.2) is 33.6 Å². The number of hydrogen-bond donors (Lipinski definition) is 1. The first-order valence-corrected chi connectivity index (χ1v) is 4.82. The Bertz CT molecular complexity index is 476. The summed E-state index contributed by atoms with van der Waals surface area (Å²) in [5.41, 5.74) is 0.145. The first kappa shape index (κ1) is 13.4. The molecule has 0 aliphatic rings. The van der Waals surface area contributed by atoms with Crippen molar-refractivity contribution in [2.24, 2.45) is 0 Å². The number of oxazole rings is 2. The van der Waals surface area contributed by atoms with E-state index < -0.39 is 11.9 Å². The fourth-order valence-corrected chi connectivity index (χ4v) is 0.837. The van der Waals surface area contributed by atoms with Gasteiger partial charge >= 0.3 is 11.9 Å². The molecule has 0 amide bonds. The Balaban J connectivity index is 0.000000184. The number of ether oxygens (including phenoxy) is 1. The second-order valence-corrected chi connectivity index (χ2v) is 2.77. The van der Waals surface area contributed by atoms with Crippen molar-refractivity contribution in [3.05, 3.63) is 36.7 Å². The third-order valence-electron chi connectivity index (χ3n) is 1.57. The number of aromatic carboxylic acids is 1. The zero-order chi connectivity index (χ0) is 13.4. The van der Waals surface area contributed by atoms with E-state index in [-0.39, 0.29) is 11.4 Å². The van der Waals surface area contributed by atoms with Crippen molar-refractivity contribution >= 4 is 11.9 Å². The topological polar surface area (TPSA) is 116 Å². The number of aromatic nitrogens is 2. The van der Waals surface area contributed by atoms with E-state index in [0.29, 0.717) is 6.61 Å². The van der Waals surface area contributed by atoms with Crippen LogP contribution in [0.4, 0.5) is 0 Å². The standard InChI is InChI=1S/C6H7NO3.C4H3NO3/c1-2-10-6(8)5-3-9-4-7-5;6-4(7)3-1-8-2-5-3/h3-4H,2H2,1H3;1-2H,(H,6,7). The molecule has 0 unspecified atom stereocenters. The molecule has 0 aliphatic carbocycles. The lowest BCUT2D eigenvalue weighted by molar-refractivity contribution is 0.0519. The highest BCUT2D eigenvalue weighted by Crippen LogP contribution is 1.96. The quantitative estimate of drug-likeness (QED) is 0.812. The van der Waals surface area contributed by atoms with Crippen LogP contribution in [0.2, 0.25) is 0 Å². The summed E-state index contributed by atoms with van der Waals surface area (Å²) in [5, 5.41) is 8.15. The van der Waals surface area contributed by atoms with Gasteiger partial charge in [0.05, 0.1) is 6.61 Å². The Kier molecular flexibility index (Phi) is 5.10. The predicted molar refractivity (Wildman–Crippen MR) is 55.9 cm³/mol. The minimum atomic E-state index is -1.07. The number of nitrogens with zero attached hydrogens (tertiary/aromatic N) is 2. The summed E-state index contributed by atoms with van der Waals surface area (Å²) >= 11 is 0. The molecule has 0 aliphatic heterocycles. The van der Waals surface area contributed by atoms with E-state index in [4.69, 9.17) is 5.11 Å². The average molecular weight is 254 g/mol. The van der Waals surface area contributed by atoms with Gasteiger partial charge in [-0.25, -0.2) is 19.6 Å². The third-order valence-corrected chi connectivity index (χ3v) is 1.57. The Morgan fingerprint density at radius 1 is 1.22 bits per heavy atom. The molecule has 8 nitrogen and oxygen atoms in total. The van der Waals surface area contributed by atoms with E-state index in [1.807, 2.05) is 0 Å². The van der Waals surface area contributed by atoms with Crippen LogP contribution in [0.1, 0.15) is 27.9 Å². The summed E-state index contributed by atoms with van der Waals surface area (Å²) in [6.45, 7) is 2.09. The fraction of sp³-hybridized carbons (Fsp3) is 0.200. The molecule has 0 bridgehead atoms. The molecule has 0 atom stereocenters. The maximum absolute atomic E-state index is 10.8. The van der Waals surface area contributed by atoms with E-state index in [1.54, 1.807) is 6.92 Å². The maximum atomic E-state index is 10.8. The minimum Gasteiger partial charge on any atom is -0.476 e. The van der Waals surface area contributed by atoms with Gasteiger partial charge in [-0.15, -0.1) is 0 Å². The van der Waals surface area contributed by atoms with Gasteiger partial charge in [-0.05, 0) is 6.92 Å². The van der Waals surface area contributed by atoms with Crippen LogP contribution in [0, 0.1) is 0 Å². The van der Waals surface area contributed by atoms with Crippen molar-refractivity contribution in [2.75, 3.05) is 6.61 Å². The van der Waals surface area contributed by atoms with Gasteiger partial charge < -0.3 is 18.7 Å². The van der Waals surface area contributed by atoms with Gasteiger partial charge in [0.2, 0.25) is 0 Å². The van der Waals surface area contributed by atoms with Crippen LogP contribution < -0.4 is 0 Å². The number of carboxylic acid groups (broad SMARTS) is 1. The van der Waals surface area contributed by atoms with Gasteiger partial charge in [0, 0.05) is 0 Å². The van der Waals surface area contributed by atoms with Gasteiger partial charge in [-0.2, -0.15) is 0 Å². The molecule has 1 N–H and O–H groups in total. The summed E-state index contributed by atoms with van der Waals surface area (Å²) in [7, 11) is 0. The molecule has 0 saturated heterocycles. The lowest BCUT2D eigenvalue weighted by Gasteiger charge is -1.94. The number of carbonyl (C=O) groups excluding carboxylic acids is 1. The highest BCUT2D eigenvalue weighted by molar-refractivity contribution is 5.86. The molecule has 2 heterocycles. The molecule has 0 radical (unpaired) electrons. The van der Waals surface area contributed by atoms with Crippen LogP contribution in [0.3, 0.4) is 0 Å². The average Bonchev–Trinajstić information content (AvgIpc) is 3.04. The second-order valence-electron chi connectivity index (χ2n) is 2.77. The van der Waals surface area contributed by atoms with Crippen molar-refractivity contribution < 1.29 is 28.3 Å². The number of rotatable bonds is 3. The number of hydrogen-bond acceptors (Lipinski definition) is 7. The molecule has 0 aromatic carbocycles. The van der Waals surface area contributed by atoms with Gasteiger partial charge in [-0.1, -0.05) is 0 Å². The fourth-order valence-electron chi connectivity index (χ4n) is 0.837. The summed E-state index contributed by atoms with van der Waals surface area (Å²) in [4.78, 5) is 27.6. The monoisotopic (exact) mass is 254 g/mol. The van der Waals surface area contributed by atoms with Crippen LogP contribution in [0.25, 0.3) is 0 Å². The SMILES string of the molecule is CCOC(=O)c1cocn1.O=C(O)c1cocn1. The molecule has 0 spiro atoms. The Hall–Kier alpha value is -2.64. The molecule has 96 valence electrons. The summed E-state index contributed by atoms with van der Waals surface area (Å²) in [6, 6.07) is 0. The summed E-state index contributed by atoms with van der Waals surface area (Å²) < 4.78 is 13.6. The van der Waals surface area contributed by atoms with Gasteiger partial charge in [0.1, 0.15) is 12.5 Å². The number of carbonyl (C=O) groups is 2. The highest BCUT2D eigenvalue weighted by Gasteiger charge is 2.07. The Labute approximate surface area is 101 Å². The molecule has 2 aromatic heterocycles. The predicted octanol–water partition coefficient (Wildman–Crippen LogP) is 1.22. The van der Waals surface area contributed by atoms with E-state index in [2.05, 4.69) is 23.5 Å². The van der Waals surface area contributed by atoms with Gasteiger partial charge in [0.15, 0.2) is 24.2 Å². The van der Waals surface area contributed by atoms with E-state index in [9.17, 15) is 9.59 Å². The maximum Gasteiger partial charge on any atom is 0.360 e. The highest BCUT2D eigenvalue weighted by atomic mass is 16.5. The van der Waals surface area contributed by atoms with E-state index in [0.717, 1.165) is 12.7 Å². The van der Waals surface area contributed by atoms with Crippen molar-refractivity contribution in [3.8, 4) is 0 Å². The van der Waals surface area contributed by atoms with E-state index >= 15 is 0 Å². The molecule has 0 fully saturated rings. The largest absolute Gasteiger partial charge is 0.476 e. The van der Waals surface area contributed by atoms with Crippen molar-refractivity contribution in [1.82, 2.24) is 9.97 Å². The van der Waals surface area contributed by atoms with Crippen LogP contribution in [0.5, 0.6) is 0 Å². The molecule has 2 rings (SSSR count). The van der Waals surface area contributed by atoms with Crippen molar-refractivity contribution in [3.63, 3.8) is 0 Å². The lowest BCUT2D eigenvalue weighted by Crippen LogP contribution is -2.04. The second kappa shape index (κ2) is 6.84. The van der Waals surface area contributed by atoms with Crippen molar-refractivity contribution in [2.45, 2.75) is 6.92 Å². The molecule has 8 heteroatoms. The molecule has 0 saturated carbocycles. The first-order valence-electron chi connectivity index (χ1n) is 4.82. The summed E-state index contributed by atoms with van der Waals surface area (Å²) in [6.07, 6.45) is 4.58. The lowest BCUT2D eigenvalue weighted by atomic mass is 10.5. The molecular formula is C10H10N2O6. The zero-order valence-corrected chi connectivity index (χ0v) is 9.40. The third kappa shape index (κ3) is 4.08. The Morgan fingerprint density at radius 3 is 2.11 bits per heavy atom. The molecule has 18 heavy (non-hydrogen) atoms. The number of esters is 1. The van der Waals surface area contributed by atoms with Crippen LogP contribution in [0.15, 0.2) is 34.1 Å². The van der Waals surface area contributed by atoms with Gasteiger partial charge in [0.25, 0.3) is 0 Å². The molecular weight excluding hydrogens is 244 g/mol.